The first kappa shape index (κ1) is 20.1. The summed E-state index contributed by atoms with van der Waals surface area (Å²) in [5.74, 6) is -0.877. The SMILES string of the molecule is O=C(NCc1ccccc1)C(=Cc1cccc2nccn12)C(=O)NCc1ccccc1. The van der Waals surface area contributed by atoms with Crippen molar-refractivity contribution in [3.63, 3.8) is 0 Å². The highest BCUT2D eigenvalue weighted by Gasteiger charge is 2.19. The van der Waals surface area contributed by atoms with Gasteiger partial charge in [0.25, 0.3) is 11.8 Å². The van der Waals surface area contributed by atoms with Crippen molar-refractivity contribution in [1.82, 2.24) is 20.0 Å². The molecule has 2 amide bonds. The van der Waals surface area contributed by atoms with Gasteiger partial charge in [0.2, 0.25) is 0 Å². The lowest BCUT2D eigenvalue weighted by atomic mass is 10.1. The molecule has 4 aromatic rings. The Morgan fingerprint density at radius 1 is 0.774 bits per heavy atom. The van der Waals surface area contributed by atoms with Crippen LogP contribution in [0.2, 0.25) is 0 Å². The molecular formula is C25H22N4O2. The predicted molar refractivity (Wildman–Crippen MR) is 120 cm³/mol. The van der Waals surface area contributed by atoms with Crippen molar-refractivity contribution in [1.29, 1.82) is 0 Å². The van der Waals surface area contributed by atoms with Gasteiger partial charge in [-0.3, -0.25) is 9.59 Å². The molecular weight excluding hydrogens is 388 g/mol. The molecule has 154 valence electrons. The highest BCUT2D eigenvalue weighted by atomic mass is 16.2. The van der Waals surface area contributed by atoms with Crippen LogP contribution in [0.1, 0.15) is 16.8 Å². The summed E-state index contributed by atoms with van der Waals surface area (Å²) in [5, 5.41) is 5.69. The number of aromatic nitrogens is 2. The quantitative estimate of drug-likeness (QED) is 0.279. The number of amides is 2. The molecule has 0 fully saturated rings. The van der Waals surface area contributed by atoms with Gasteiger partial charge in [0.05, 0.1) is 0 Å². The topological polar surface area (TPSA) is 75.5 Å². The number of pyridine rings is 1. The van der Waals surface area contributed by atoms with Gasteiger partial charge in [-0.15, -0.1) is 0 Å². The summed E-state index contributed by atoms with van der Waals surface area (Å²) in [7, 11) is 0. The maximum atomic E-state index is 13.0. The average Bonchev–Trinajstić information content (AvgIpc) is 3.30. The van der Waals surface area contributed by atoms with Crippen molar-refractivity contribution in [3.05, 3.63) is 114 Å². The number of fused-ring (bicyclic) bond motifs is 1. The fraction of sp³-hybridized carbons (Fsp3) is 0.0800. The van der Waals surface area contributed by atoms with Gasteiger partial charge >= 0.3 is 0 Å². The van der Waals surface area contributed by atoms with Crippen molar-refractivity contribution >= 4 is 23.5 Å². The van der Waals surface area contributed by atoms with Crippen LogP contribution < -0.4 is 10.6 Å². The number of carbonyl (C=O) groups excluding carboxylic acids is 2. The van der Waals surface area contributed by atoms with E-state index in [2.05, 4.69) is 15.6 Å². The number of nitrogens with one attached hydrogen (secondary N) is 2. The number of carbonyl (C=O) groups is 2. The van der Waals surface area contributed by atoms with E-state index in [1.807, 2.05) is 83.3 Å². The highest BCUT2D eigenvalue weighted by molar-refractivity contribution is 6.21. The molecule has 2 heterocycles. The van der Waals surface area contributed by atoms with E-state index in [1.165, 1.54) is 0 Å². The molecule has 2 aromatic carbocycles. The Kier molecular flexibility index (Phi) is 6.18. The second-order valence-corrected chi connectivity index (χ2v) is 7.00. The lowest BCUT2D eigenvalue weighted by Crippen LogP contribution is -2.34. The van der Waals surface area contributed by atoms with Gasteiger partial charge in [-0.05, 0) is 29.3 Å². The Labute approximate surface area is 180 Å². The number of nitrogens with zero attached hydrogens (tertiary/aromatic N) is 2. The Bertz CT molecular complexity index is 1160. The third-order valence-electron chi connectivity index (χ3n) is 4.83. The van der Waals surface area contributed by atoms with Crippen LogP contribution in [0.4, 0.5) is 0 Å². The molecule has 0 atom stereocenters. The van der Waals surface area contributed by atoms with Gasteiger partial charge < -0.3 is 15.0 Å². The van der Waals surface area contributed by atoms with E-state index in [9.17, 15) is 9.59 Å². The molecule has 0 unspecified atom stereocenters. The second-order valence-electron chi connectivity index (χ2n) is 7.00. The van der Waals surface area contributed by atoms with E-state index < -0.39 is 11.8 Å². The standard InChI is InChI=1S/C25H22N4O2/c30-24(27-17-19-8-3-1-4-9-19)22(25(31)28-18-20-10-5-2-6-11-20)16-21-12-7-13-23-26-14-15-29(21)23/h1-16H,17-18H2,(H,27,30)(H,28,31). The summed E-state index contributed by atoms with van der Waals surface area (Å²) >= 11 is 0. The van der Waals surface area contributed by atoms with E-state index in [-0.39, 0.29) is 5.57 Å². The minimum Gasteiger partial charge on any atom is -0.348 e. The number of hydrogen-bond donors (Lipinski definition) is 2. The van der Waals surface area contributed by atoms with Crippen molar-refractivity contribution in [2.75, 3.05) is 0 Å². The largest absolute Gasteiger partial charge is 0.348 e. The van der Waals surface area contributed by atoms with Gasteiger partial charge in [-0.1, -0.05) is 66.7 Å². The minimum absolute atomic E-state index is 0.0352. The first-order valence-electron chi connectivity index (χ1n) is 9.99. The summed E-state index contributed by atoms with van der Waals surface area (Å²) < 4.78 is 1.83. The molecule has 0 aliphatic heterocycles. The molecule has 2 N–H and O–H groups in total. The average molecular weight is 410 g/mol. The lowest BCUT2D eigenvalue weighted by molar-refractivity contribution is -0.123. The highest BCUT2D eigenvalue weighted by Crippen LogP contribution is 2.12. The molecule has 6 nitrogen and oxygen atoms in total. The normalized spacial score (nSPS) is 10.5. The molecule has 4 rings (SSSR count). The predicted octanol–water partition coefficient (Wildman–Crippen LogP) is 3.35. The fourth-order valence-electron chi connectivity index (χ4n) is 3.22. The fourth-order valence-corrected chi connectivity index (χ4v) is 3.22. The monoisotopic (exact) mass is 410 g/mol. The van der Waals surface area contributed by atoms with Crippen LogP contribution in [0, 0.1) is 0 Å². The van der Waals surface area contributed by atoms with E-state index in [4.69, 9.17) is 0 Å². The maximum Gasteiger partial charge on any atom is 0.257 e. The zero-order valence-corrected chi connectivity index (χ0v) is 16.9. The van der Waals surface area contributed by atoms with Crippen LogP contribution in [0.3, 0.4) is 0 Å². The van der Waals surface area contributed by atoms with Gasteiger partial charge in [0.1, 0.15) is 11.2 Å². The molecule has 0 saturated carbocycles. The maximum absolute atomic E-state index is 13.0. The van der Waals surface area contributed by atoms with Crippen LogP contribution in [0.15, 0.2) is 96.8 Å². The van der Waals surface area contributed by atoms with Crippen molar-refractivity contribution in [3.8, 4) is 0 Å². The summed E-state index contributed by atoms with van der Waals surface area (Å²) in [5.41, 5.74) is 3.37. The lowest BCUT2D eigenvalue weighted by Gasteiger charge is -2.11. The van der Waals surface area contributed by atoms with Crippen molar-refractivity contribution in [2.45, 2.75) is 13.1 Å². The second kappa shape index (κ2) is 9.54. The van der Waals surface area contributed by atoms with Crippen LogP contribution in [0.5, 0.6) is 0 Å². The van der Waals surface area contributed by atoms with Crippen LogP contribution in [0.25, 0.3) is 11.7 Å². The van der Waals surface area contributed by atoms with Crippen LogP contribution in [-0.4, -0.2) is 21.2 Å². The van der Waals surface area contributed by atoms with Crippen LogP contribution in [-0.2, 0) is 22.7 Å². The Morgan fingerprint density at radius 2 is 1.35 bits per heavy atom. The molecule has 2 aromatic heterocycles. The molecule has 0 radical (unpaired) electrons. The third kappa shape index (κ3) is 5.05. The Balaban J connectivity index is 1.58. The van der Waals surface area contributed by atoms with E-state index in [0.717, 1.165) is 16.8 Å². The smallest absolute Gasteiger partial charge is 0.257 e. The molecule has 31 heavy (non-hydrogen) atoms. The zero-order chi connectivity index (χ0) is 21.5. The summed E-state index contributed by atoms with van der Waals surface area (Å²) in [6.07, 6.45) is 5.06. The van der Waals surface area contributed by atoms with E-state index in [1.54, 1.807) is 18.5 Å². The van der Waals surface area contributed by atoms with Crippen LogP contribution >= 0.6 is 0 Å². The molecule has 0 bridgehead atoms. The summed E-state index contributed by atoms with van der Waals surface area (Å²) in [6.45, 7) is 0.663. The van der Waals surface area contributed by atoms with Gasteiger partial charge in [-0.25, -0.2) is 4.98 Å². The molecule has 6 heteroatoms. The zero-order valence-electron chi connectivity index (χ0n) is 16.9. The summed E-state index contributed by atoms with van der Waals surface area (Å²) in [6, 6.07) is 24.7. The Hall–Kier alpha value is -4.19. The number of benzene rings is 2. The van der Waals surface area contributed by atoms with E-state index in [0.29, 0.717) is 18.8 Å². The third-order valence-corrected chi connectivity index (χ3v) is 4.83. The molecule has 0 spiro atoms. The number of imidazole rings is 1. The van der Waals surface area contributed by atoms with Gasteiger partial charge in [0.15, 0.2) is 0 Å². The van der Waals surface area contributed by atoms with Crippen molar-refractivity contribution in [2.24, 2.45) is 0 Å². The summed E-state index contributed by atoms with van der Waals surface area (Å²) in [4.78, 5) is 30.2. The number of rotatable bonds is 7. The minimum atomic E-state index is -0.438. The van der Waals surface area contributed by atoms with Gasteiger partial charge in [-0.2, -0.15) is 0 Å². The Morgan fingerprint density at radius 3 is 1.94 bits per heavy atom. The molecule has 0 aliphatic rings. The van der Waals surface area contributed by atoms with Crippen molar-refractivity contribution < 1.29 is 9.59 Å². The van der Waals surface area contributed by atoms with Gasteiger partial charge in [0, 0.05) is 31.2 Å². The number of hydrogen-bond acceptors (Lipinski definition) is 3. The first-order valence-corrected chi connectivity index (χ1v) is 9.99. The first-order chi connectivity index (χ1) is 15.2. The van der Waals surface area contributed by atoms with E-state index >= 15 is 0 Å². The molecule has 0 aliphatic carbocycles. The molecule has 0 saturated heterocycles.